The SMILES string of the molecule is c1ccc(-c2ccc(-c3nc(-c4ccccc4)nc(-c4cccc(-c5cccc6oc7c8ccccc8ccc7c56)c4)n3)cc2)cc1. The first-order valence-corrected chi connectivity index (χ1v) is 15.7. The average Bonchev–Trinajstić information content (AvgIpc) is 3.55. The Hall–Kier alpha value is -6.39. The molecule has 9 aromatic rings. The molecule has 2 heterocycles. The lowest BCUT2D eigenvalue weighted by atomic mass is 9.97. The smallest absolute Gasteiger partial charge is 0.164 e. The van der Waals surface area contributed by atoms with Gasteiger partial charge in [0.1, 0.15) is 11.2 Å². The van der Waals surface area contributed by atoms with Crippen molar-refractivity contribution in [3.05, 3.63) is 164 Å². The standard InChI is InChI=1S/C43H27N3O/c1-3-11-28(12-4-1)29-21-23-32(24-22-29)42-44-41(31-14-5-2-6-15-31)45-43(46-42)34-17-9-16-33(27-34)35-19-10-20-38-39(35)37-26-25-30-13-7-8-18-36(30)40(37)47-38/h1-27H. The van der Waals surface area contributed by atoms with E-state index in [2.05, 4.69) is 121 Å². The van der Waals surface area contributed by atoms with Gasteiger partial charge in [0.05, 0.1) is 0 Å². The van der Waals surface area contributed by atoms with E-state index in [9.17, 15) is 0 Å². The molecular weight excluding hydrogens is 574 g/mol. The van der Waals surface area contributed by atoms with Gasteiger partial charge in [0.2, 0.25) is 0 Å². The zero-order valence-electron chi connectivity index (χ0n) is 25.3. The molecule has 4 nitrogen and oxygen atoms in total. The van der Waals surface area contributed by atoms with Gasteiger partial charge >= 0.3 is 0 Å². The first kappa shape index (κ1) is 27.0. The van der Waals surface area contributed by atoms with Crippen LogP contribution in [-0.2, 0) is 0 Å². The summed E-state index contributed by atoms with van der Waals surface area (Å²) in [6.07, 6.45) is 0. The highest BCUT2D eigenvalue weighted by Gasteiger charge is 2.17. The highest BCUT2D eigenvalue weighted by Crippen LogP contribution is 2.40. The van der Waals surface area contributed by atoms with Gasteiger partial charge in [-0.05, 0) is 45.8 Å². The van der Waals surface area contributed by atoms with Crippen molar-refractivity contribution in [1.82, 2.24) is 15.0 Å². The Morgan fingerprint density at radius 2 is 0.915 bits per heavy atom. The van der Waals surface area contributed by atoms with Gasteiger partial charge in [-0.2, -0.15) is 0 Å². The minimum Gasteiger partial charge on any atom is -0.455 e. The molecule has 47 heavy (non-hydrogen) atoms. The number of hydrogen-bond acceptors (Lipinski definition) is 4. The van der Waals surface area contributed by atoms with Crippen LogP contribution in [0.1, 0.15) is 0 Å². The van der Waals surface area contributed by atoms with Crippen LogP contribution in [0.5, 0.6) is 0 Å². The normalized spacial score (nSPS) is 11.4. The average molecular weight is 602 g/mol. The van der Waals surface area contributed by atoms with Crippen LogP contribution in [0.15, 0.2) is 168 Å². The van der Waals surface area contributed by atoms with Crippen molar-refractivity contribution in [1.29, 1.82) is 0 Å². The lowest BCUT2D eigenvalue weighted by Gasteiger charge is -2.10. The van der Waals surface area contributed by atoms with E-state index in [0.29, 0.717) is 17.5 Å². The number of benzene rings is 7. The zero-order chi connectivity index (χ0) is 31.2. The van der Waals surface area contributed by atoms with E-state index in [-0.39, 0.29) is 0 Å². The summed E-state index contributed by atoms with van der Waals surface area (Å²) in [5.41, 5.74) is 9.06. The summed E-state index contributed by atoms with van der Waals surface area (Å²) in [4.78, 5) is 15.0. The van der Waals surface area contributed by atoms with Crippen molar-refractivity contribution >= 4 is 32.7 Å². The monoisotopic (exact) mass is 601 g/mol. The molecule has 2 aromatic heterocycles. The van der Waals surface area contributed by atoms with E-state index in [4.69, 9.17) is 19.4 Å². The van der Waals surface area contributed by atoms with Crippen molar-refractivity contribution < 1.29 is 4.42 Å². The second kappa shape index (κ2) is 11.2. The molecule has 4 heteroatoms. The van der Waals surface area contributed by atoms with Gasteiger partial charge in [0, 0.05) is 32.8 Å². The van der Waals surface area contributed by atoms with E-state index >= 15 is 0 Å². The summed E-state index contributed by atoms with van der Waals surface area (Å²) >= 11 is 0. The minimum atomic E-state index is 0.623. The third-order valence-corrected chi connectivity index (χ3v) is 8.74. The number of furan rings is 1. The molecular formula is C43H27N3O. The van der Waals surface area contributed by atoms with E-state index in [1.807, 2.05) is 42.5 Å². The largest absolute Gasteiger partial charge is 0.455 e. The Morgan fingerprint density at radius 3 is 1.68 bits per heavy atom. The zero-order valence-corrected chi connectivity index (χ0v) is 25.3. The van der Waals surface area contributed by atoms with Gasteiger partial charge in [0.15, 0.2) is 17.5 Å². The lowest BCUT2D eigenvalue weighted by molar-refractivity contribution is 0.673. The summed E-state index contributed by atoms with van der Waals surface area (Å²) in [6, 6.07) is 56.3. The number of nitrogens with zero attached hydrogens (tertiary/aromatic N) is 3. The van der Waals surface area contributed by atoms with E-state index in [1.165, 1.54) is 5.56 Å². The third kappa shape index (κ3) is 4.84. The molecule has 9 rings (SSSR count). The van der Waals surface area contributed by atoms with Gasteiger partial charge in [-0.25, -0.2) is 15.0 Å². The minimum absolute atomic E-state index is 0.623. The second-order valence-electron chi connectivity index (χ2n) is 11.6. The van der Waals surface area contributed by atoms with Crippen molar-refractivity contribution in [2.24, 2.45) is 0 Å². The van der Waals surface area contributed by atoms with Crippen molar-refractivity contribution in [2.45, 2.75) is 0 Å². The van der Waals surface area contributed by atoms with Gasteiger partial charge in [-0.3, -0.25) is 0 Å². The molecule has 0 N–H and O–H groups in total. The molecule has 0 aliphatic carbocycles. The van der Waals surface area contributed by atoms with Crippen LogP contribution >= 0.6 is 0 Å². The van der Waals surface area contributed by atoms with Crippen LogP contribution in [0.2, 0.25) is 0 Å². The van der Waals surface area contributed by atoms with Gasteiger partial charge in [-0.15, -0.1) is 0 Å². The van der Waals surface area contributed by atoms with E-state index in [1.54, 1.807) is 0 Å². The summed E-state index contributed by atoms with van der Waals surface area (Å²) in [5.74, 6) is 1.89. The van der Waals surface area contributed by atoms with Crippen LogP contribution in [0.3, 0.4) is 0 Å². The van der Waals surface area contributed by atoms with Crippen molar-refractivity contribution in [2.75, 3.05) is 0 Å². The first-order chi connectivity index (χ1) is 23.3. The number of hydrogen-bond donors (Lipinski definition) is 0. The van der Waals surface area contributed by atoms with Crippen LogP contribution < -0.4 is 0 Å². The molecule has 0 saturated heterocycles. The maximum atomic E-state index is 6.48. The maximum Gasteiger partial charge on any atom is 0.164 e. The molecule has 0 bridgehead atoms. The summed E-state index contributed by atoms with van der Waals surface area (Å²) < 4.78 is 6.48. The fourth-order valence-corrected chi connectivity index (χ4v) is 6.41. The fourth-order valence-electron chi connectivity index (χ4n) is 6.41. The Labute approximate surface area is 271 Å². The van der Waals surface area contributed by atoms with Gasteiger partial charge in [0.25, 0.3) is 0 Å². The van der Waals surface area contributed by atoms with Crippen LogP contribution in [0.25, 0.3) is 89.1 Å². The van der Waals surface area contributed by atoms with Crippen LogP contribution in [-0.4, -0.2) is 15.0 Å². The Morgan fingerprint density at radius 1 is 0.362 bits per heavy atom. The van der Waals surface area contributed by atoms with Gasteiger partial charge < -0.3 is 4.42 Å². The Balaban J connectivity index is 1.18. The lowest BCUT2D eigenvalue weighted by Crippen LogP contribution is -2.00. The summed E-state index contributed by atoms with van der Waals surface area (Å²) in [6.45, 7) is 0. The Kier molecular flexibility index (Phi) is 6.43. The van der Waals surface area contributed by atoms with Crippen molar-refractivity contribution in [3.63, 3.8) is 0 Å². The number of fused-ring (bicyclic) bond motifs is 5. The highest BCUT2D eigenvalue weighted by molar-refractivity contribution is 6.19. The molecule has 0 radical (unpaired) electrons. The quantitative estimate of drug-likeness (QED) is 0.197. The molecule has 0 atom stereocenters. The molecule has 0 amide bonds. The maximum absolute atomic E-state index is 6.48. The third-order valence-electron chi connectivity index (χ3n) is 8.74. The van der Waals surface area contributed by atoms with Crippen molar-refractivity contribution in [3.8, 4) is 56.4 Å². The predicted octanol–water partition coefficient (Wildman–Crippen LogP) is 11.3. The second-order valence-corrected chi connectivity index (χ2v) is 11.6. The topological polar surface area (TPSA) is 51.8 Å². The molecule has 0 fully saturated rings. The molecule has 220 valence electrons. The first-order valence-electron chi connectivity index (χ1n) is 15.7. The Bertz CT molecular complexity index is 2550. The van der Waals surface area contributed by atoms with Crippen LogP contribution in [0.4, 0.5) is 0 Å². The van der Waals surface area contributed by atoms with E-state index in [0.717, 1.165) is 66.1 Å². The predicted molar refractivity (Wildman–Crippen MR) is 192 cm³/mol. The van der Waals surface area contributed by atoms with Gasteiger partial charge in [-0.1, -0.05) is 146 Å². The van der Waals surface area contributed by atoms with E-state index < -0.39 is 0 Å². The fraction of sp³-hybridized carbons (Fsp3) is 0. The molecule has 0 spiro atoms. The van der Waals surface area contributed by atoms with Crippen LogP contribution in [0, 0.1) is 0 Å². The number of rotatable bonds is 5. The molecule has 0 unspecified atom stereocenters. The molecule has 7 aromatic carbocycles. The molecule has 0 saturated carbocycles. The summed E-state index contributed by atoms with van der Waals surface area (Å²) in [5, 5.41) is 4.48. The summed E-state index contributed by atoms with van der Waals surface area (Å²) in [7, 11) is 0. The molecule has 0 aliphatic rings. The molecule has 0 aliphatic heterocycles. The highest BCUT2D eigenvalue weighted by atomic mass is 16.3. The number of aromatic nitrogens is 3.